The fourth-order valence-corrected chi connectivity index (χ4v) is 3.33. The van der Waals surface area contributed by atoms with Crippen LogP contribution in [0.3, 0.4) is 0 Å². The Hall–Kier alpha value is -0.870. The van der Waals surface area contributed by atoms with Crippen LogP contribution < -0.4 is 5.32 Å². The van der Waals surface area contributed by atoms with Crippen LogP contribution in [-0.4, -0.2) is 37.0 Å². The van der Waals surface area contributed by atoms with Gasteiger partial charge in [-0.1, -0.05) is 13.0 Å². The van der Waals surface area contributed by atoms with Crippen molar-refractivity contribution in [2.75, 3.05) is 26.2 Å². The standard InChI is InChI=1S/C15H24N2OS/c1-2-9-17(12-13-5-7-16-8-6-13)15(18)11-14-4-3-10-19-14/h3-4,10,13,16H,2,5-9,11-12H2,1H3. The summed E-state index contributed by atoms with van der Waals surface area (Å²) in [7, 11) is 0. The van der Waals surface area contributed by atoms with Crippen LogP contribution in [0, 0.1) is 5.92 Å². The maximum absolute atomic E-state index is 12.4. The van der Waals surface area contributed by atoms with E-state index in [0.717, 1.165) is 32.6 Å². The molecule has 1 aliphatic rings. The molecule has 0 aliphatic carbocycles. The Kier molecular flexibility index (Phi) is 5.86. The Morgan fingerprint density at radius 2 is 2.26 bits per heavy atom. The molecule has 106 valence electrons. The van der Waals surface area contributed by atoms with E-state index in [-0.39, 0.29) is 0 Å². The highest BCUT2D eigenvalue weighted by molar-refractivity contribution is 7.10. The smallest absolute Gasteiger partial charge is 0.227 e. The fourth-order valence-electron chi connectivity index (χ4n) is 2.64. The van der Waals surface area contributed by atoms with Crippen molar-refractivity contribution < 1.29 is 4.79 Å². The Morgan fingerprint density at radius 3 is 2.89 bits per heavy atom. The van der Waals surface area contributed by atoms with Gasteiger partial charge < -0.3 is 10.2 Å². The molecule has 0 aromatic carbocycles. The number of hydrogen-bond acceptors (Lipinski definition) is 3. The van der Waals surface area contributed by atoms with E-state index in [2.05, 4.69) is 23.2 Å². The van der Waals surface area contributed by atoms with Gasteiger partial charge in [0.05, 0.1) is 6.42 Å². The molecule has 1 aromatic heterocycles. The Bertz CT molecular complexity index is 372. The first-order valence-electron chi connectivity index (χ1n) is 7.30. The molecule has 2 rings (SSSR count). The van der Waals surface area contributed by atoms with E-state index in [1.807, 2.05) is 11.4 Å². The molecule has 0 radical (unpaired) electrons. The van der Waals surface area contributed by atoms with E-state index in [1.165, 1.54) is 17.7 Å². The van der Waals surface area contributed by atoms with Crippen LogP contribution in [0.1, 0.15) is 31.1 Å². The van der Waals surface area contributed by atoms with E-state index in [1.54, 1.807) is 11.3 Å². The van der Waals surface area contributed by atoms with Gasteiger partial charge in [-0.15, -0.1) is 11.3 Å². The van der Waals surface area contributed by atoms with Crippen molar-refractivity contribution in [3.63, 3.8) is 0 Å². The monoisotopic (exact) mass is 280 g/mol. The molecular weight excluding hydrogens is 256 g/mol. The van der Waals surface area contributed by atoms with Crippen molar-refractivity contribution in [3.05, 3.63) is 22.4 Å². The number of nitrogens with one attached hydrogen (secondary N) is 1. The van der Waals surface area contributed by atoms with Crippen LogP contribution in [0.5, 0.6) is 0 Å². The number of amides is 1. The number of rotatable bonds is 6. The molecule has 3 nitrogen and oxygen atoms in total. The van der Waals surface area contributed by atoms with E-state index in [9.17, 15) is 4.79 Å². The van der Waals surface area contributed by atoms with Gasteiger partial charge in [0.25, 0.3) is 0 Å². The zero-order valence-corrected chi connectivity index (χ0v) is 12.5. The highest BCUT2D eigenvalue weighted by atomic mass is 32.1. The first kappa shape index (κ1) is 14.5. The summed E-state index contributed by atoms with van der Waals surface area (Å²) in [6.07, 6.45) is 4.02. The highest BCUT2D eigenvalue weighted by Gasteiger charge is 2.20. The predicted octanol–water partition coefficient (Wildman–Crippen LogP) is 2.53. The van der Waals surface area contributed by atoms with Gasteiger partial charge in [-0.05, 0) is 49.7 Å². The van der Waals surface area contributed by atoms with Crippen LogP contribution in [-0.2, 0) is 11.2 Å². The maximum atomic E-state index is 12.4. The number of nitrogens with zero attached hydrogens (tertiary/aromatic N) is 1. The molecule has 1 N–H and O–H groups in total. The van der Waals surface area contributed by atoms with Crippen LogP contribution in [0.4, 0.5) is 0 Å². The van der Waals surface area contributed by atoms with Crippen molar-refractivity contribution in [1.29, 1.82) is 0 Å². The zero-order chi connectivity index (χ0) is 13.5. The Labute approximate surface area is 120 Å². The van der Waals surface area contributed by atoms with Crippen molar-refractivity contribution >= 4 is 17.2 Å². The lowest BCUT2D eigenvalue weighted by Crippen LogP contribution is -2.40. The van der Waals surface area contributed by atoms with Crippen molar-refractivity contribution in [1.82, 2.24) is 10.2 Å². The maximum Gasteiger partial charge on any atom is 0.227 e. The van der Waals surface area contributed by atoms with Gasteiger partial charge in [-0.2, -0.15) is 0 Å². The van der Waals surface area contributed by atoms with Gasteiger partial charge in [0.15, 0.2) is 0 Å². The first-order chi connectivity index (χ1) is 9.29. The second kappa shape index (κ2) is 7.65. The molecule has 2 heterocycles. The molecule has 1 saturated heterocycles. The van der Waals surface area contributed by atoms with Crippen molar-refractivity contribution in [2.45, 2.75) is 32.6 Å². The zero-order valence-electron chi connectivity index (χ0n) is 11.7. The molecule has 0 saturated carbocycles. The third kappa shape index (κ3) is 4.62. The van der Waals surface area contributed by atoms with E-state index >= 15 is 0 Å². The third-order valence-corrected chi connectivity index (χ3v) is 4.57. The van der Waals surface area contributed by atoms with E-state index < -0.39 is 0 Å². The Morgan fingerprint density at radius 1 is 1.47 bits per heavy atom. The minimum atomic E-state index is 0.294. The predicted molar refractivity (Wildman–Crippen MR) is 80.5 cm³/mol. The molecule has 4 heteroatoms. The van der Waals surface area contributed by atoms with Crippen molar-refractivity contribution in [3.8, 4) is 0 Å². The lowest BCUT2D eigenvalue weighted by atomic mass is 9.97. The topological polar surface area (TPSA) is 32.3 Å². The average molecular weight is 280 g/mol. The summed E-state index contributed by atoms with van der Waals surface area (Å²) in [4.78, 5) is 15.6. The second-order valence-corrected chi connectivity index (χ2v) is 6.32. The molecule has 0 spiro atoms. The number of thiophene rings is 1. The number of carbonyl (C=O) groups is 1. The third-order valence-electron chi connectivity index (χ3n) is 3.69. The van der Waals surface area contributed by atoms with Gasteiger partial charge in [0.2, 0.25) is 5.91 Å². The second-order valence-electron chi connectivity index (χ2n) is 5.29. The summed E-state index contributed by atoms with van der Waals surface area (Å²) in [5.74, 6) is 0.975. The normalized spacial score (nSPS) is 16.5. The minimum Gasteiger partial charge on any atom is -0.342 e. The summed E-state index contributed by atoms with van der Waals surface area (Å²) in [6, 6.07) is 4.07. The summed E-state index contributed by atoms with van der Waals surface area (Å²) < 4.78 is 0. The molecule has 0 atom stereocenters. The number of carbonyl (C=O) groups excluding carboxylic acids is 1. The van der Waals surface area contributed by atoms with Crippen LogP contribution in [0.25, 0.3) is 0 Å². The summed E-state index contributed by atoms with van der Waals surface area (Å²) in [5.41, 5.74) is 0. The lowest BCUT2D eigenvalue weighted by molar-refractivity contribution is -0.131. The van der Waals surface area contributed by atoms with Crippen molar-refractivity contribution in [2.24, 2.45) is 5.92 Å². The van der Waals surface area contributed by atoms with Crippen LogP contribution >= 0.6 is 11.3 Å². The SMILES string of the molecule is CCCN(CC1CCNCC1)C(=O)Cc1cccs1. The van der Waals surface area contributed by atoms with Gasteiger partial charge in [-0.3, -0.25) is 4.79 Å². The van der Waals surface area contributed by atoms with E-state index in [4.69, 9.17) is 0 Å². The summed E-state index contributed by atoms with van der Waals surface area (Å²) in [5, 5.41) is 5.43. The molecular formula is C15H24N2OS. The first-order valence-corrected chi connectivity index (χ1v) is 8.18. The molecule has 1 amide bonds. The highest BCUT2D eigenvalue weighted by Crippen LogP contribution is 2.16. The number of hydrogen-bond donors (Lipinski definition) is 1. The molecule has 1 fully saturated rings. The summed E-state index contributed by atoms with van der Waals surface area (Å²) in [6.45, 7) is 6.19. The van der Waals surface area contributed by atoms with Gasteiger partial charge in [-0.25, -0.2) is 0 Å². The molecule has 19 heavy (non-hydrogen) atoms. The minimum absolute atomic E-state index is 0.294. The van der Waals surface area contributed by atoms with Crippen LogP contribution in [0.2, 0.25) is 0 Å². The summed E-state index contributed by atoms with van der Waals surface area (Å²) >= 11 is 1.68. The molecule has 0 unspecified atom stereocenters. The average Bonchev–Trinajstić information content (AvgIpc) is 2.92. The van der Waals surface area contributed by atoms with Gasteiger partial charge >= 0.3 is 0 Å². The van der Waals surface area contributed by atoms with E-state index in [0.29, 0.717) is 18.2 Å². The quantitative estimate of drug-likeness (QED) is 0.868. The van der Waals surface area contributed by atoms with Gasteiger partial charge in [0.1, 0.15) is 0 Å². The lowest BCUT2D eigenvalue weighted by Gasteiger charge is -2.30. The van der Waals surface area contributed by atoms with Gasteiger partial charge in [0, 0.05) is 18.0 Å². The largest absolute Gasteiger partial charge is 0.342 e. The molecule has 0 bridgehead atoms. The Balaban J connectivity index is 1.88. The molecule has 1 aromatic rings. The fraction of sp³-hybridized carbons (Fsp3) is 0.667. The van der Waals surface area contributed by atoms with Crippen LogP contribution in [0.15, 0.2) is 17.5 Å². The number of piperidine rings is 1. The molecule has 1 aliphatic heterocycles.